The summed E-state index contributed by atoms with van der Waals surface area (Å²) in [4.78, 5) is 26.0. The first kappa shape index (κ1) is 19.8. The van der Waals surface area contributed by atoms with Crippen molar-refractivity contribution in [2.24, 2.45) is 5.92 Å². The van der Waals surface area contributed by atoms with Crippen LogP contribution in [0.2, 0.25) is 5.02 Å². The van der Waals surface area contributed by atoms with Gasteiger partial charge in [-0.3, -0.25) is 9.59 Å². The fourth-order valence-electron chi connectivity index (χ4n) is 2.76. The number of amides is 2. The van der Waals surface area contributed by atoms with Crippen molar-refractivity contribution in [2.75, 3.05) is 24.5 Å². The van der Waals surface area contributed by atoms with Crippen molar-refractivity contribution in [1.29, 1.82) is 0 Å². The van der Waals surface area contributed by atoms with Crippen molar-refractivity contribution in [3.8, 4) is 0 Å². The highest BCUT2D eigenvalue weighted by molar-refractivity contribution is 7.91. The van der Waals surface area contributed by atoms with Gasteiger partial charge in [-0.2, -0.15) is 0 Å². The van der Waals surface area contributed by atoms with E-state index in [1.807, 2.05) is 0 Å². The van der Waals surface area contributed by atoms with Gasteiger partial charge in [0.25, 0.3) is 0 Å². The van der Waals surface area contributed by atoms with E-state index >= 15 is 0 Å². The zero-order valence-corrected chi connectivity index (χ0v) is 16.6. The molecule has 1 fully saturated rings. The lowest BCUT2D eigenvalue weighted by Gasteiger charge is -2.16. The Labute approximate surface area is 166 Å². The van der Waals surface area contributed by atoms with E-state index in [9.17, 15) is 18.0 Å². The van der Waals surface area contributed by atoms with Gasteiger partial charge in [0.1, 0.15) is 4.21 Å². The molecule has 1 aliphatic heterocycles. The van der Waals surface area contributed by atoms with Gasteiger partial charge in [-0.1, -0.05) is 17.7 Å². The van der Waals surface area contributed by atoms with E-state index < -0.39 is 15.9 Å². The zero-order valence-electron chi connectivity index (χ0n) is 14.2. The molecule has 2 heterocycles. The second kappa shape index (κ2) is 8.39. The number of thiophene rings is 1. The lowest BCUT2D eigenvalue weighted by Crippen LogP contribution is -2.38. The number of nitrogens with zero attached hydrogens (tertiary/aromatic N) is 1. The van der Waals surface area contributed by atoms with Gasteiger partial charge in [-0.25, -0.2) is 13.1 Å². The van der Waals surface area contributed by atoms with Gasteiger partial charge < -0.3 is 10.2 Å². The molecular weight excluding hydrogens is 410 g/mol. The van der Waals surface area contributed by atoms with Gasteiger partial charge in [0.05, 0.1) is 5.92 Å². The minimum Gasteiger partial charge on any atom is -0.354 e. The number of benzene rings is 1. The van der Waals surface area contributed by atoms with E-state index in [4.69, 9.17) is 11.6 Å². The standard InChI is InChI=1S/C17H18ClN3O4S2/c18-13-3-5-14(6-4-13)21-11-12(10-15(21)22)17(23)19-7-8-20-27(24,25)16-2-1-9-26-16/h1-6,9,12,20H,7-8,10-11H2,(H,19,23)/t12-/m0/s1. The van der Waals surface area contributed by atoms with Gasteiger partial charge in [0.15, 0.2) is 0 Å². The van der Waals surface area contributed by atoms with Crippen LogP contribution in [0.3, 0.4) is 0 Å². The molecule has 0 saturated carbocycles. The van der Waals surface area contributed by atoms with Crippen molar-refractivity contribution in [3.63, 3.8) is 0 Å². The van der Waals surface area contributed by atoms with Crippen molar-refractivity contribution in [1.82, 2.24) is 10.0 Å². The molecule has 0 bridgehead atoms. The lowest BCUT2D eigenvalue weighted by molar-refractivity contribution is -0.126. The predicted molar refractivity (Wildman–Crippen MR) is 104 cm³/mol. The molecule has 27 heavy (non-hydrogen) atoms. The van der Waals surface area contributed by atoms with Gasteiger partial charge in [-0.05, 0) is 35.7 Å². The van der Waals surface area contributed by atoms with E-state index in [0.717, 1.165) is 11.3 Å². The average molecular weight is 428 g/mol. The van der Waals surface area contributed by atoms with Gasteiger partial charge >= 0.3 is 0 Å². The Morgan fingerprint density at radius 1 is 1.22 bits per heavy atom. The second-order valence-electron chi connectivity index (χ2n) is 6.00. The summed E-state index contributed by atoms with van der Waals surface area (Å²) in [5.74, 6) is -0.868. The van der Waals surface area contributed by atoms with Crippen LogP contribution in [0.25, 0.3) is 0 Å². The van der Waals surface area contributed by atoms with Crippen LogP contribution < -0.4 is 14.9 Å². The van der Waals surface area contributed by atoms with Crippen LogP contribution in [-0.2, 0) is 19.6 Å². The topological polar surface area (TPSA) is 95.6 Å². The number of carbonyl (C=O) groups excluding carboxylic acids is 2. The number of anilines is 1. The van der Waals surface area contributed by atoms with Crippen LogP contribution in [0.1, 0.15) is 6.42 Å². The normalized spacial score (nSPS) is 17.3. The van der Waals surface area contributed by atoms with Gasteiger partial charge in [0, 0.05) is 36.8 Å². The maximum atomic E-state index is 12.3. The zero-order chi connectivity index (χ0) is 19.4. The van der Waals surface area contributed by atoms with Crippen molar-refractivity contribution in [3.05, 3.63) is 46.8 Å². The van der Waals surface area contributed by atoms with Crippen LogP contribution >= 0.6 is 22.9 Å². The smallest absolute Gasteiger partial charge is 0.250 e. The molecule has 10 heteroatoms. The number of hydrogen-bond donors (Lipinski definition) is 2. The molecule has 0 aliphatic carbocycles. The summed E-state index contributed by atoms with van der Waals surface area (Å²) < 4.78 is 26.6. The van der Waals surface area contributed by atoms with E-state index in [1.165, 1.54) is 6.07 Å². The maximum Gasteiger partial charge on any atom is 0.250 e. The summed E-state index contributed by atoms with van der Waals surface area (Å²) in [5, 5.41) is 4.94. The van der Waals surface area contributed by atoms with Crippen molar-refractivity contribution in [2.45, 2.75) is 10.6 Å². The fraction of sp³-hybridized carbons (Fsp3) is 0.294. The number of sulfonamides is 1. The third kappa shape index (κ3) is 4.86. The summed E-state index contributed by atoms with van der Waals surface area (Å²) >= 11 is 6.98. The van der Waals surface area contributed by atoms with E-state index in [2.05, 4.69) is 10.0 Å². The molecule has 2 N–H and O–H groups in total. The van der Waals surface area contributed by atoms with Crippen LogP contribution in [-0.4, -0.2) is 39.9 Å². The molecule has 1 aliphatic rings. The number of rotatable bonds is 7. The number of halogens is 1. The van der Waals surface area contributed by atoms with E-state index in [0.29, 0.717) is 10.7 Å². The summed E-state index contributed by atoms with van der Waals surface area (Å²) in [6, 6.07) is 10.0. The minimum absolute atomic E-state index is 0.0769. The monoisotopic (exact) mass is 427 g/mol. The Morgan fingerprint density at radius 2 is 1.96 bits per heavy atom. The first-order chi connectivity index (χ1) is 12.9. The Kier molecular flexibility index (Phi) is 6.15. The van der Waals surface area contributed by atoms with Crippen LogP contribution in [0.15, 0.2) is 46.0 Å². The Morgan fingerprint density at radius 3 is 2.63 bits per heavy atom. The number of hydrogen-bond acceptors (Lipinski definition) is 5. The first-order valence-corrected chi connectivity index (χ1v) is 11.0. The molecule has 0 spiro atoms. The minimum atomic E-state index is -3.55. The lowest BCUT2D eigenvalue weighted by atomic mass is 10.1. The molecule has 1 atom stereocenters. The highest BCUT2D eigenvalue weighted by atomic mass is 35.5. The summed E-state index contributed by atoms with van der Waals surface area (Å²) in [6.45, 7) is 0.510. The number of nitrogens with one attached hydrogen (secondary N) is 2. The van der Waals surface area contributed by atoms with Gasteiger partial charge in [0.2, 0.25) is 21.8 Å². The summed E-state index contributed by atoms with van der Waals surface area (Å²) in [5.41, 5.74) is 0.698. The highest BCUT2D eigenvalue weighted by Gasteiger charge is 2.34. The molecule has 0 radical (unpaired) electrons. The molecule has 1 saturated heterocycles. The van der Waals surface area contributed by atoms with Gasteiger partial charge in [-0.15, -0.1) is 11.3 Å². The average Bonchev–Trinajstić information content (AvgIpc) is 3.30. The van der Waals surface area contributed by atoms with Crippen LogP contribution in [0.4, 0.5) is 5.69 Å². The second-order valence-corrected chi connectivity index (χ2v) is 9.38. The first-order valence-electron chi connectivity index (χ1n) is 8.23. The molecule has 7 nitrogen and oxygen atoms in total. The molecule has 2 amide bonds. The third-order valence-electron chi connectivity index (χ3n) is 4.11. The van der Waals surface area contributed by atoms with Crippen LogP contribution in [0.5, 0.6) is 0 Å². The molecular formula is C17H18ClN3O4S2. The van der Waals surface area contributed by atoms with E-state index in [-0.39, 0.29) is 42.1 Å². The van der Waals surface area contributed by atoms with E-state index in [1.54, 1.807) is 40.6 Å². The molecule has 2 aromatic rings. The highest BCUT2D eigenvalue weighted by Crippen LogP contribution is 2.26. The fourth-order valence-corrected chi connectivity index (χ4v) is 4.95. The molecule has 144 valence electrons. The molecule has 3 rings (SSSR count). The quantitative estimate of drug-likeness (QED) is 0.659. The molecule has 0 unspecified atom stereocenters. The molecule has 1 aromatic carbocycles. The van der Waals surface area contributed by atoms with Crippen molar-refractivity contribution < 1.29 is 18.0 Å². The predicted octanol–water partition coefficient (Wildman–Crippen LogP) is 1.85. The Bertz CT molecular complexity index is 914. The number of carbonyl (C=O) groups is 2. The maximum absolute atomic E-state index is 12.3. The van der Waals surface area contributed by atoms with Crippen LogP contribution in [0, 0.1) is 5.92 Å². The Balaban J connectivity index is 1.47. The van der Waals surface area contributed by atoms with Crippen molar-refractivity contribution >= 4 is 50.5 Å². The molecule has 1 aromatic heterocycles. The summed E-state index contributed by atoms with van der Waals surface area (Å²) in [6.07, 6.45) is 0.120. The summed E-state index contributed by atoms with van der Waals surface area (Å²) in [7, 11) is -3.55. The third-order valence-corrected chi connectivity index (χ3v) is 7.22. The largest absolute Gasteiger partial charge is 0.354 e. The Hall–Kier alpha value is -1.94. The SMILES string of the molecule is O=C(NCCNS(=O)(=O)c1cccs1)[C@H]1CC(=O)N(c2ccc(Cl)cc2)C1.